The molecular formula is C14H23ClIN3O. The largest absolute Gasteiger partial charge is 0.497 e. The van der Waals surface area contributed by atoms with E-state index in [1.165, 1.54) is 0 Å². The van der Waals surface area contributed by atoms with Crippen LogP contribution in [0.25, 0.3) is 0 Å². The molecule has 0 aliphatic rings. The summed E-state index contributed by atoms with van der Waals surface area (Å²) >= 11 is 6.19. The summed E-state index contributed by atoms with van der Waals surface area (Å²) in [6, 6.07) is 6.10. The topological polar surface area (TPSA) is 45.7 Å². The molecule has 0 radical (unpaired) electrons. The maximum Gasteiger partial charge on any atom is 0.191 e. The molecule has 0 unspecified atom stereocenters. The molecule has 0 heterocycles. The van der Waals surface area contributed by atoms with Crippen LogP contribution in [0.5, 0.6) is 5.75 Å². The van der Waals surface area contributed by atoms with Crippen molar-refractivity contribution in [1.29, 1.82) is 0 Å². The van der Waals surface area contributed by atoms with Gasteiger partial charge in [0.15, 0.2) is 5.96 Å². The van der Waals surface area contributed by atoms with E-state index in [0.29, 0.717) is 6.04 Å². The van der Waals surface area contributed by atoms with Gasteiger partial charge in [-0.3, -0.25) is 4.99 Å². The number of nitrogens with zero attached hydrogens (tertiary/aromatic N) is 1. The van der Waals surface area contributed by atoms with Crippen molar-refractivity contribution in [2.75, 3.05) is 20.7 Å². The quantitative estimate of drug-likeness (QED) is 0.445. The lowest BCUT2D eigenvalue weighted by atomic mass is 10.1. The average Bonchev–Trinajstić information content (AvgIpc) is 2.38. The predicted molar refractivity (Wildman–Crippen MR) is 96.8 cm³/mol. The number of hydrogen-bond acceptors (Lipinski definition) is 2. The molecule has 0 aromatic heterocycles. The molecule has 20 heavy (non-hydrogen) atoms. The van der Waals surface area contributed by atoms with Crippen LogP contribution in [0.4, 0.5) is 0 Å². The van der Waals surface area contributed by atoms with Gasteiger partial charge < -0.3 is 15.4 Å². The van der Waals surface area contributed by atoms with Crippen LogP contribution < -0.4 is 15.4 Å². The molecule has 114 valence electrons. The molecule has 0 saturated carbocycles. The Morgan fingerprint density at radius 2 is 2.10 bits per heavy atom. The first-order valence-corrected chi connectivity index (χ1v) is 6.74. The van der Waals surface area contributed by atoms with Crippen molar-refractivity contribution in [3.8, 4) is 5.75 Å². The van der Waals surface area contributed by atoms with Gasteiger partial charge in [-0.1, -0.05) is 17.7 Å². The van der Waals surface area contributed by atoms with Crippen molar-refractivity contribution in [1.82, 2.24) is 10.6 Å². The van der Waals surface area contributed by atoms with Crippen molar-refractivity contribution in [3.63, 3.8) is 0 Å². The highest BCUT2D eigenvalue weighted by Gasteiger charge is 2.04. The maximum absolute atomic E-state index is 6.19. The van der Waals surface area contributed by atoms with Gasteiger partial charge >= 0.3 is 0 Å². The Labute approximate surface area is 143 Å². The zero-order valence-electron chi connectivity index (χ0n) is 12.4. The van der Waals surface area contributed by atoms with Crippen LogP contribution in [0, 0.1) is 0 Å². The second-order valence-corrected chi connectivity index (χ2v) is 4.91. The summed E-state index contributed by atoms with van der Waals surface area (Å²) in [6.07, 6.45) is 0.835. The van der Waals surface area contributed by atoms with E-state index in [1.807, 2.05) is 18.2 Å². The second kappa shape index (κ2) is 10.1. The lowest BCUT2D eigenvalue weighted by Gasteiger charge is -2.14. The van der Waals surface area contributed by atoms with E-state index in [0.717, 1.165) is 35.3 Å². The van der Waals surface area contributed by atoms with Gasteiger partial charge in [0.05, 0.1) is 7.11 Å². The minimum absolute atomic E-state index is 0. The Bertz CT molecular complexity index is 438. The summed E-state index contributed by atoms with van der Waals surface area (Å²) in [6.45, 7) is 4.93. The van der Waals surface area contributed by atoms with E-state index >= 15 is 0 Å². The van der Waals surface area contributed by atoms with Crippen LogP contribution in [0.1, 0.15) is 19.4 Å². The first-order chi connectivity index (χ1) is 9.06. The van der Waals surface area contributed by atoms with E-state index < -0.39 is 0 Å². The standard InChI is InChI=1S/C14H22ClN3O.HI/c1-10(2)18-14(16-3)17-8-7-11-5-6-12(19-4)9-13(11)15;/h5-6,9-10H,7-8H2,1-4H3,(H2,16,17,18);1H. The van der Waals surface area contributed by atoms with Crippen molar-refractivity contribution < 1.29 is 4.74 Å². The molecule has 0 fully saturated rings. The van der Waals surface area contributed by atoms with Crippen molar-refractivity contribution >= 4 is 41.5 Å². The Kier molecular flexibility index (Phi) is 9.75. The Morgan fingerprint density at radius 1 is 1.40 bits per heavy atom. The van der Waals surface area contributed by atoms with Gasteiger partial charge in [0, 0.05) is 24.7 Å². The molecular weight excluding hydrogens is 389 g/mol. The van der Waals surface area contributed by atoms with Crippen molar-refractivity contribution in [2.45, 2.75) is 26.3 Å². The molecule has 2 N–H and O–H groups in total. The van der Waals surface area contributed by atoms with Gasteiger partial charge in [-0.2, -0.15) is 0 Å². The number of nitrogens with one attached hydrogen (secondary N) is 2. The predicted octanol–water partition coefficient (Wildman–Crippen LogP) is 3.08. The summed E-state index contributed by atoms with van der Waals surface area (Å²) in [5, 5.41) is 7.22. The van der Waals surface area contributed by atoms with Crippen LogP contribution in [-0.2, 0) is 6.42 Å². The average molecular weight is 412 g/mol. The second-order valence-electron chi connectivity index (χ2n) is 4.51. The highest BCUT2D eigenvalue weighted by molar-refractivity contribution is 14.0. The minimum atomic E-state index is 0. The number of guanidine groups is 1. The van der Waals surface area contributed by atoms with E-state index in [-0.39, 0.29) is 24.0 Å². The number of ether oxygens (including phenoxy) is 1. The molecule has 4 nitrogen and oxygen atoms in total. The number of methoxy groups -OCH3 is 1. The summed E-state index contributed by atoms with van der Waals surface area (Å²) in [7, 11) is 3.40. The zero-order chi connectivity index (χ0) is 14.3. The molecule has 0 amide bonds. The number of rotatable bonds is 5. The van der Waals surface area contributed by atoms with Crippen LogP contribution in [0.2, 0.25) is 5.02 Å². The fourth-order valence-corrected chi connectivity index (χ4v) is 1.91. The molecule has 0 saturated heterocycles. The molecule has 1 rings (SSSR count). The van der Waals surface area contributed by atoms with Gasteiger partial charge in [-0.25, -0.2) is 0 Å². The number of hydrogen-bond donors (Lipinski definition) is 2. The molecule has 1 aromatic carbocycles. The Hall–Kier alpha value is -0.690. The highest BCUT2D eigenvalue weighted by Crippen LogP contribution is 2.22. The third-order valence-electron chi connectivity index (χ3n) is 2.60. The van der Waals surface area contributed by atoms with Gasteiger partial charge in [-0.15, -0.1) is 24.0 Å². The van der Waals surface area contributed by atoms with Crippen molar-refractivity contribution in [3.05, 3.63) is 28.8 Å². The summed E-state index contributed by atoms with van der Waals surface area (Å²) < 4.78 is 5.12. The summed E-state index contributed by atoms with van der Waals surface area (Å²) in [5.74, 6) is 1.58. The normalized spacial score (nSPS) is 11.0. The maximum atomic E-state index is 6.19. The molecule has 0 atom stereocenters. The summed E-state index contributed by atoms with van der Waals surface area (Å²) in [5.41, 5.74) is 1.09. The van der Waals surface area contributed by atoms with Crippen molar-refractivity contribution in [2.24, 2.45) is 4.99 Å². The van der Waals surface area contributed by atoms with E-state index in [4.69, 9.17) is 16.3 Å². The molecule has 1 aromatic rings. The van der Waals surface area contributed by atoms with Crippen LogP contribution >= 0.6 is 35.6 Å². The van der Waals surface area contributed by atoms with Crippen LogP contribution in [0.3, 0.4) is 0 Å². The number of halogens is 2. The molecule has 0 bridgehead atoms. The Balaban J connectivity index is 0.00000361. The van der Waals surface area contributed by atoms with Gasteiger partial charge in [0.1, 0.15) is 5.75 Å². The van der Waals surface area contributed by atoms with E-state index in [1.54, 1.807) is 14.2 Å². The van der Waals surface area contributed by atoms with Gasteiger partial charge in [-0.05, 0) is 38.0 Å². The molecule has 0 aliphatic heterocycles. The monoisotopic (exact) mass is 411 g/mol. The third-order valence-corrected chi connectivity index (χ3v) is 2.95. The third kappa shape index (κ3) is 6.65. The first-order valence-electron chi connectivity index (χ1n) is 6.36. The van der Waals surface area contributed by atoms with Gasteiger partial charge in [0.25, 0.3) is 0 Å². The minimum Gasteiger partial charge on any atom is -0.497 e. The van der Waals surface area contributed by atoms with Crippen LogP contribution in [-0.4, -0.2) is 32.7 Å². The smallest absolute Gasteiger partial charge is 0.191 e. The first kappa shape index (κ1) is 19.3. The molecule has 6 heteroatoms. The Morgan fingerprint density at radius 3 is 2.60 bits per heavy atom. The lowest BCUT2D eigenvalue weighted by molar-refractivity contribution is 0.414. The highest BCUT2D eigenvalue weighted by atomic mass is 127. The lowest BCUT2D eigenvalue weighted by Crippen LogP contribution is -2.41. The molecule has 0 aliphatic carbocycles. The van der Waals surface area contributed by atoms with E-state index in [9.17, 15) is 0 Å². The van der Waals surface area contributed by atoms with E-state index in [2.05, 4.69) is 29.5 Å². The summed E-state index contributed by atoms with van der Waals surface area (Å²) in [4.78, 5) is 4.15. The van der Waals surface area contributed by atoms with Crippen LogP contribution in [0.15, 0.2) is 23.2 Å². The van der Waals surface area contributed by atoms with Gasteiger partial charge in [0.2, 0.25) is 0 Å². The number of aliphatic imine (C=N–C) groups is 1. The zero-order valence-corrected chi connectivity index (χ0v) is 15.5. The number of benzene rings is 1. The fourth-order valence-electron chi connectivity index (χ4n) is 1.64. The molecule has 0 spiro atoms. The fraction of sp³-hybridized carbons (Fsp3) is 0.500. The SMILES string of the molecule is CN=C(NCCc1ccc(OC)cc1Cl)NC(C)C.I.